The van der Waals surface area contributed by atoms with E-state index in [0.29, 0.717) is 42.3 Å². The summed E-state index contributed by atoms with van der Waals surface area (Å²) in [5.74, 6) is 0.0314. The van der Waals surface area contributed by atoms with Crippen molar-refractivity contribution in [1.82, 2.24) is 9.46 Å². The van der Waals surface area contributed by atoms with E-state index in [1.54, 1.807) is 13.0 Å². The Bertz CT molecular complexity index is 992. The molecule has 1 aromatic carbocycles. The Labute approximate surface area is 172 Å². The summed E-state index contributed by atoms with van der Waals surface area (Å²) in [6.45, 7) is 10.0. The van der Waals surface area contributed by atoms with Crippen LogP contribution in [0.5, 0.6) is 0 Å². The first-order valence-electron chi connectivity index (χ1n) is 9.77. The number of carbonyl (C=O) groups is 1. The van der Waals surface area contributed by atoms with Crippen molar-refractivity contribution in [3.8, 4) is 0 Å². The second-order valence-corrected chi connectivity index (χ2v) is 9.68. The third-order valence-corrected chi connectivity index (χ3v) is 7.89. The molecule has 2 aromatic rings. The fourth-order valence-corrected chi connectivity index (χ4v) is 5.82. The lowest BCUT2D eigenvalue weighted by Gasteiger charge is -2.31. The van der Waals surface area contributed by atoms with Crippen molar-refractivity contribution in [2.45, 2.75) is 59.0 Å². The van der Waals surface area contributed by atoms with Crippen LogP contribution in [0.2, 0.25) is 0 Å². The summed E-state index contributed by atoms with van der Waals surface area (Å²) in [6.07, 6.45) is 0.887. The maximum absolute atomic E-state index is 13.3. The molecule has 2 heterocycles. The molecule has 7 nitrogen and oxygen atoms in total. The average Bonchev–Trinajstić information content (AvgIpc) is 3.10. The Hall–Kier alpha value is -2.19. The van der Waals surface area contributed by atoms with Crippen LogP contribution in [0.4, 0.5) is 0 Å². The van der Waals surface area contributed by atoms with E-state index in [0.717, 1.165) is 22.3 Å². The summed E-state index contributed by atoms with van der Waals surface area (Å²) in [5, 5.41) is 3.80. The monoisotopic (exact) mass is 420 g/mol. The molecular weight excluding hydrogens is 392 g/mol. The van der Waals surface area contributed by atoms with Gasteiger partial charge >= 0.3 is 5.97 Å². The molecule has 1 saturated heterocycles. The van der Waals surface area contributed by atoms with E-state index in [4.69, 9.17) is 9.26 Å². The highest BCUT2D eigenvalue weighted by Crippen LogP contribution is 2.31. The SMILES string of the molecule is Cc1cc(COC(=O)C2CCN(S(=O)(=O)c3c(C)c(C)cc(C)c3C)CC2)no1. The number of rotatable bonds is 5. The molecule has 0 bridgehead atoms. The maximum Gasteiger partial charge on any atom is 0.309 e. The van der Waals surface area contributed by atoms with Gasteiger partial charge in [0.25, 0.3) is 0 Å². The van der Waals surface area contributed by atoms with Crippen LogP contribution in [0.1, 0.15) is 46.5 Å². The number of piperidine rings is 1. The molecule has 0 saturated carbocycles. The molecule has 1 fully saturated rings. The number of esters is 1. The highest BCUT2D eigenvalue weighted by atomic mass is 32.2. The van der Waals surface area contributed by atoms with Gasteiger partial charge in [-0.1, -0.05) is 11.2 Å². The largest absolute Gasteiger partial charge is 0.459 e. The van der Waals surface area contributed by atoms with Crippen molar-refractivity contribution in [2.75, 3.05) is 13.1 Å². The molecule has 3 rings (SSSR count). The fourth-order valence-electron chi connectivity index (χ4n) is 3.78. The summed E-state index contributed by atoms with van der Waals surface area (Å²) in [5.41, 5.74) is 4.08. The molecular formula is C21H28N2O5S. The average molecular weight is 421 g/mol. The minimum absolute atomic E-state index is 0.0651. The zero-order valence-electron chi connectivity index (χ0n) is 17.6. The summed E-state index contributed by atoms with van der Waals surface area (Å²) >= 11 is 0. The van der Waals surface area contributed by atoms with Crippen LogP contribution in [0.25, 0.3) is 0 Å². The summed E-state index contributed by atoms with van der Waals surface area (Å²) in [7, 11) is -3.61. The Morgan fingerprint density at radius 2 is 1.69 bits per heavy atom. The first-order valence-corrected chi connectivity index (χ1v) is 11.2. The van der Waals surface area contributed by atoms with Gasteiger partial charge in [0, 0.05) is 19.2 Å². The lowest BCUT2D eigenvalue weighted by molar-refractivity contribution is -0.151. The number of aryl methyl sites for hydroxylation is 3. The summed E-state index contributed by atoms with van der Waals surface area (Å²) in [4.78, 5) is 12.8. The van der Waals surface area contributed by atoms with E-state index in [1.165, 1.54) is 4.31 Å². The van der Waals surface area contributed by atoms with Crippen LogP contribution in [0, 0.1) is 40.5 Å². The van der Waals surface area contributed by atoms with Gasteiger partial charge in [-0.25, -0.2) is 8.42 Å². The number of aromatic nitrogens is 1. The highest BCUT2D eigenvalue weighted by Gasteiger charge is 2.34. The number of hydrogen-bond acceptors (Lipinski definition) is 6. The molecule has 0 unspecified atom stereocenters. The van der Waals surface area contributed by atoms with Gasteiger partial charge in [0.1, 0.15) is 18.1 Å². The summed E-state index contributed by atoms with van der Waals surface area (Å²) < 4.78 is 38.4. The van der Waals surface area contributed by atoms with E-state index in [9.17, 15) is 13.2 Å². The van der Waals surface area contributed by atoms with Crippen LogP contribution in [-0.4, -0.2) is 36.9 Å². The zero-order chi connectivity index (χ0) is 21.3. The van der Waals surface area contributed by atoms with Gasteiger partial charge in [0.2, 0.25) is 10.0 Å². The van der Waals surface area contributed by atoms with Gasteiger partial charge in [-0.3, -0.25) is 4.79 Å². The van der Waals surface area contributed by atoms with Crippen LogP contribution in [0.3, 0.4) is 0 Å². The standard InChI is InChI=1S/C21H28N2O5S/c1-13-10-14(2)17(5)20(16(13)4)29(25,26)23-8-6-18(7-9-23)21(24)27-12-19-11-15(3)28-22-19/h10-11,18H,6-9,12H2,1-5H3. The van der Waals surface area contributed by atoms with Gasteiger partial charge in [-0.05, 0) is 69.7 Å². The van der Waals surface area contributed by atoms with E-state index < -0.39 is 10.0 Å². The second kappa shape index (κ2) is 8.28. The van der Waals surface area contributed by atoms with Gasteiger partial charge in [0.15, 0.2) is 0 Å². The lowest BCUT2D eigenvalue weighted by Crippen LogP contribution is -2.41. The van der Waals surface area contributed by atoms with Crippen LogP contribution in [-0.2, 0) is 26.2 Å². The smallest absolute Gasteiger partial charge is 0.309 e. The molecule has 29 heavy (non-hydrogen) atoms. The minimum Gasteiger partial charge on any atom is -0.459 e. The third-order valence-electron chi connectivity index (χ3n) is 5.72. The Kier molecular flexibility index (Phi) is 6.14. The predicted octanol–water partition coefficient (Wildman–Crippen LogP) is 3.36. The molecule has 0 aliphatic carbocycles. The van der Waals surface area contributed by atoms with Crippen LogP contribution >= 0.6 is 0 Å². The number of nitrogens with zero attached hydrogens (tertiary/aromatic N) is 2. The molecule has 0 atom stereocenters. The molecule has 1 aliphatic heterocycles. The van der Waals surface area contributed by atoms with E-state index in [1.807, 2.05) is 33.8 Å². The van der Waals surface area contributed by atoms with Gasteiger partial charge in [0.05, 0.1) is 10.8 Å². The lowest BCUT2D eigenvalue weighted by atomic mass is 9.98. The molecule has 0 amide bonds. The number of benzene rings is 1. The number of sulfonamides is 1. The van der Waals surface area contributed by atoms with Gasteiger partial charge < -0.3 is 9.26 Å². The molecule has 158 valence electrons. The second-order valence-electron chi connectivity index (χ2n) is 7.80. The number of carbonyl (C=O) groups excluding carboxylic acids is 1. The van der Waals surface area contributed by atoms with E-state index in [2.05, 4.69) is 5.16 Å². The van der Waals surface area contributed by atoms with Crippen molar-refractivity contribution in [3.05, 3.63) is 45.8 Å². The molecule has 8 heteroatoms. The predicted molar refractivity (Wildman–Crippen MR) is 108 cm³/mol. The number of ether oxygens (including phenoxy) is 1. The van der Waals surface area contributed by atoms with Crippen LogP contribution in [0.15, 0.2) is 21.6 Å². The fraction of sp³-hybridized carbons (Fsp3) is 0.524. The third kappa shape index (κ3) is 4.38. The zero-order valence-corrected chi connectivity index (χ0v) is 18.4. The van der Waals surface area contributed by atoms with Crippen molar-refractivity contribution in [2.24, 2.45) is 5.92 Å². The normalized spacial score (nSPS) is 16.2. The summed E-state index contributed by atoms with van der Waals surface area (Å²) in [6, 6.07) is 3.74. The molecule has 1 aliphatic rings. The van der Waals surface area contributed by atoms with Crippen LogP contribution < -0.4 is 0 Å². The van der Waals surface area contributed by atoms with E-state index >= 15 is 0 Å². The first kappa shape index (κ1) is 21.5. The molecule has 0 radical (unpaired) electrons. The Balaban J connectivity index is 1.66. The van der Waals surface area contributed by atoms with Crippen molar-refractivity contribution in [1.29, 1.82) is 0 Å². The van der Waals surface area contributed by atoms with Gasteiger partial charge in [-0.15, -0.1) is 0 Å². The topological polar surface area (TPSA) is 89.7 Å². The molecule has 0 N–H and O–H groups in total. The van der Waals surface area contributed by atoms with Crippen molar-refractivity contribution in [3.63, 3.8) is 0 Å². The Morgan fingerprint density at radius 3 is 2.21 bits per heavy atom. The quantitative estimate of drug-likeness (QED) is 0.689. The maximum atomic E-state index is 13.3. The molecule has 0 spiro atoms. The van der Waals surface area contributed by atoms with E-state index in [-0.39, 0.29) is 18.5 Å². The minimum atomic E-state index is -3.61. The molecule has 1 aromatic heterocycles. The van der Waals surface area contributed by atoms with Crippen molar-refractivity contribution >= 4 is 16.0 Å². The first-order chi connectivity index (χ1) is 13.6. The Morgan fingerprint density at radius 1 is 1.10 bits per heavy atom. The van der Waals surface area contributed by atoms with Crippen molar-refractivity contribution < 1.29 is 22.5 Å². The highest BCUT2D eigenvalue weighted by molar-refractivity contribution is 7.89. The van der Waals surface area contributed by atoms with Gasteiger partial charge in [-0.2, -0.15) is 4.31 Å². The number of hydrogen-bond donors (Lipinski definition) is 0.